The Balaban J connectivity index is 1.04. The van der Waals surface area contributed by atoms with Crippen LogP contribution in [-0.4, -0.2) is 84.8 Å². The number of aromatic nitrogens is 3. The number of aryl methyl sites for hydroxylation is 1. The van der Waals surface area contributed by atoms with Crippen LogP contribution in [0.2, 0.25) is 0 Å². The summed E-state index contributed by atoms with van der Waals surface area (Å²) in [6, 6.07) is 17.0. The number of rotatable bonds is 9. The van der Waals surface area contributed by atoms with E-state index in [9.17, 15) is 24.6 Å². The Morgan fingerprint density at radius 1 is 0.857 bits per heavy atom. The SMILES string of the molecule is Cc1c(NC(=O)c2ccc(CN3CC[C@@H](O)C3)cn2)cccc1-c1cccc(NC(=O)c2cc3n(n2)CCC[C@H]3N2CC(C(=O)O)C2)c1C. The Morgan fingerprint density at radius 3 is 2.12 bits per heavy atom. The maximum absolute atomic E-state index is 13.5. The summed E-state index contributed by atoms with van der Waals surface area (Å²) in [4.78, 5) is 46.7. The number of benzene rings is 2. The highest BCUT2D eigenvalue weighted by Crippen LogP contribution is 2.37. The molecule has 2 fully saturated rings. The van der Waals surface area contributed by atoms with Gasteiger partial charge in [0.2, 0.25) is 0 Å². The molecule has 3 aliphatic rings. The van der Waals surface area contributed by atoms with Crippen molar-refractivity contribution in [3.63, 3.8) is 0 Å². The van der Waals surface area contributed by atoms with Gasteiger partial charge >= 0.3 is 5.97 Å². The van der Waals surface area contributed by atoms with E-state index < -0.39 is 5.97 Å². The minimum absolute atomic E-state index is 0.0602. The monoisotopic (exact) mass is 663 g/mol. The Hall–Kier alpha value is -4.91. The number of likely N-dealkylation sites (tertiary alicyclic amines) is 2. The number of amides is 2. The lowest BCUT2D eigenvalue weighted by molar-refractivity contribution is -0.149. The minimum Gasteiger partial charge on any atom is -0.481 e. The Kier molecular flexibility index (Phi) is 9.01. The molecule has 2 atom stereocenters. The van der Waals surface area contributed by atoms with Crippen LogP contribution in [0.15, 0.2) is 60.8 Å². The average molecular weight is 664 g/mol. The molecule has 49 heavy (non-hydrogen) atoms. The molecular weight excluding hydrogens is 622 g/mol. The van der Waals surface area contributed by atoms with Crippen molar-refractivity contribution in [1.29, 1.82) is 0 Å². The van der Waals surface area contributed by atoms with Crippen LogP contribution in [-0.2, 0) is 17.9 Å². The van der Waals surface area contributed by atoms with E-state index in [0.29, 0.717) is 48.9 Å². The molecule has 4 aromatic rings. The average Bonchev–Trinajstić information content (AvgIpc) is 3.69. The third kappa shape index (κ3) is 6.71. The number of nitrogens with zero attached hydrogens (tertiary/aromatic N) is 5. The van der Waals surface area contributed by atoms with E-state index in [1.165, 1.54) is 0 Å². The number of hydrogen-bond acceptors (Lipinski definition) is 8. The Morgan fingerprint density at radius 2 is 1.53 bits per heavy atom. The number of hydrogen-bond donors (Lipinski definition) is 4. The molecule has 5 heterocycles. The molecular formula is C37H41N7O5. The molecule has 3 aliphatic heterocycles. The Bertz CT molecular complexity index is 1900. The van der Waals surface area contributed by atoms with Gasteiger partial charge in [-0.25, -0.2) is 0 Å². The molecule has 0 spiro atoms. The number of carboxylic acid groups (broad SMARTS) is 1. The van der Waals surface area contributed by atoms with Gasteiger partial charge in [0, 0.05) is 56.8 Å². The fourth-order valence-electron chi connectivity index (χ4n) is 7.23. The highest BCUT2D eigenvalue weighted by atomic mass is 16.4. The number of aliphatic hydroxyl groups is 1. The van der Waals surface area contributed by atoms with Crippen molar-refractivity contribution in [2.75, 3.05) is 36.8 Å². The van der Waals surface area contributed by atoms with Crippen molar-refractivity contribution in [3.05, 3.63) is 94.6 Å². The summed E-state index contributed by atoms with van der Waals surface area (Å²) in [7, 11) is 0. The molecule has 0 unspecified atom stereocenters. The van der Waals surface area contributed by atoms with Crippen molar-refractivity contribution in [1.82, 2.24) is 24.6 Å². The smallest absolute Gasteiger partial charge is 0.309 e. The van der Waals surface area contributed by atoms with Crippen molar-refractivity contribution in [2.45, 2.75) is 58.3 Å². The number of aliphatic carboxylic acids is 1. The molecule has 4 N–H and O–H groups in total. The van der Waals surface area contributed by atoms with Crippen LogP contribution < -0.4 is 10.6 Å². The first-order chi connectivity index (χ1) is 23.6. The first-order valence-electron chi connectivity index (χ1n) is 16.9. The molecule has 7 rings (SSSR count). The number of carbonyl (C=O) groups excluding carboxylic acids is 2. The summed E-state index contributed by atoms with van der Waals surface area (Å²) in [5, 5.41) is 29.8. The van der Waals surface area contributed by atoms with Crippen LogP contribution in [0, 0.1) is 19.8 Å². The number of carboxylic acids is 1. The first kappa shape index (κ1) is 32.6. The molecule has 0 saturated carbocycles. The number of β-amino-alcohol motifs (C(OH)–C–C–N with tert-alkyl or cyclic N) is 1. The van der Waals surface area contributed by atoms with Gasteiger partial charge in [0.1, 0.15) is 5.69 Å². The van der Waals surface area contributed by atoms with Gasteiger partial charge in [-0.2, -0.15) is 5.10 Å². The standard InChI is InChI=1S/C37H41N7O5/c1-22-27(6-3-8-29(22)39-35(46)31-12-11-24(17-38-31)18-42-15-13-26(45)21-42)28-7-4-9-30(23(28)2)40-36(47)32-16-34-33(10-5-14-44(34)41-32)43-19-25(20-43)37(48)49/h3-4,6-9,11-12,16-17,25-26,33,45H,5,10,13-15,18-21H2,1-2H3,(H,39,46)(H,40,47)(H,48,49)/t26-,33-/m1/s1. The van der Waals surface area contributed by atoms with Gasteiger partial charge in [-0.15, -0.1) is 0 Å². The topological polar surface area (TPSA) is 153 Å². The number of anilines is 2. The van der Waals surface area contributed by atoms with E-state index in [1.54, 1.807) is 12.3 Å². The van der Waals surface area contributed by atoms with Crippen molar-refractivity contribution in [3.8, 4) is 11.1 Å². The molecule has 12 heteroatoms. The van der Waals surface area contributed by atoms with Crippen molar-refractivity contribution in [2.24, 2.45) is 5.92 Å². The van der Waals surface area contributed by atoms with Gasteiger partial charge in [0.15, 0.2) is 5.69 Å². The van der Waals surface area contributed by atoms with Crippen LogP contribution in [0.4, 0.5) is 11.4 Å². The summed E-state index contributed by atoms with van der Waals surface area (Å²) >= 11 is 0. The lowest BCUT2D eigenvalue weighted by Crippen LogP contribution is -2.52. The molecule has 2 aromatic carbocycles. The molecule has 12 nitrogen and oxygen atoms in total. The van der Waals surface area contributed by atoms with Crippen LogP contribution in [0.1, 0.15) is 68.7 Å². The zero-order valence-corrected chi connectivity index (χ0v) is 27.7. The summed E-state index contributed by atoms with van der Waals surface area (Å²) in [6.45, 7) is 7.85. The number of carbonyl (C=O) groups is 3. The second-order valence-electron chi connectivity index (χ2n) is 13.4. The molecule has 0 bridgehead atoms. The molecule has 2 amide bonds. The van der Waals surface area contributed by atoms with Crippen LogP contribution in [0.3, 0.4) is 0 Å². The van der Waals surface area contributed by atoms with E-state index in [4.69, 9.17) is 0 Å². The molecule has 254 valence electrons. The van der Waals surface area contributed by atoms with Gasteiger partial charge in [0.05, 0.1) is 23.8 Å². The molecule has 2 saturated heterocycles. The highest BCUT2D eigenvalue weighted by Gasteiger charge is 2.39. The van der Waals surface area contributed by atoms with Gasteiger partial charge in [-0.05, 0) is 85.2 Å². The maximum Gasteiger partial charge on any atom is 0.309 e. The number of pyridine rings is 1. The predicted octanol–water partition coefficient (Wildman–Crippen LogP) is 4.48. The molecule has 0 radical (unpaired) electrons. The molecule has 0 aliphatic carbocycles. The summed E-state index contributed by atoms with van der Waals surface area (Å²) in [6.07, 6.45) is 4.04. The summed E-state index contributed by atoms with van der Waals surface area (Å²) in [5.41, 5.74) is 7.55. The highest BCUT2D eigenvalue weighted by molar-refractivity contribution is 6.05. The van der Waals surface area contributed by atoms with E-state index in [0.717, 1.165) is 65.9 Å². The van der Waals surface area contributed by atoms with Gasteiger partial charge in [-0.3, -0.25) is 33.8 Å². The van der Waals surface area contributed by atoms with Crippen molar-refractivity contribution < 1.29 is 24.6 Å². The first-order valence-corrected chi connectivity index (χ1v) is 16.9. The predicted molar refractivity (Wildman–Crippen MR) is 184 cm³/mol. The second kappa shape index (κ2) is 13.5. The summed E-state index contributed by atoms with van der Waals surface area (Å²) < 4.78 is 1.88. The number of fused-ring (bicyclic) bond motifs is 1. The van der Waals surface area contributed by atoms with Gasteiger partial charge in [0.25, 0.3) is 11.8 Å². The fraction of sp³-hybridized carbons (Fsp3) is 0.378. The number of aliphatic hydroxyl groups excluding tert-OH is 1. The van der Waals surface area contributed by atoms with E-state index in [-0.39, 0.29) is 29.9 Å². The van der Waals surface area contributed by atoms with Gasteiger partial charge < -0.3 is 20.8 Å². The maximum atomic E-state index is 13.5. The zero-order valence-electron chi connectivity index (χ0n) is 27.7. The van der Waals surface area contributed by atoms with Crippen LogP contribution >= 0.6 is 0 Å². The van der Waals surface area contributed by atoms with Crippen LogP contribution in [0.5, 0.6) is 0 Å². The number of nitrogens with one attached hydrogen (secondary N) is 2. The fourth-order valence-corrected chi connectivity index (χ4v) is 7.23. The quantitative estimate of drug-likeness (QED) is 0.203. The normalized spacial score (nSPS) is 19.7. The largest absolute Gasteiger partial charge is 0.481 e. The Labute approximate surface area is 284 Å². The second-order valence-corrected chi connectivity index (χ2v) is 13.4. The van der Waals surface area contributed by atoms with E-state index in [2.05, 4.69) is 30.5 Å². The lowest BCUT2D eigenvalue weighted by Gasteiger charge is -2.43. The van der Waals surface area contributed by atoms with Crippen LogP contribution in [0.25, 0.3) is 11.1 Å². The van der Waals surface area contributed by atoms with Crippen molar-refractivity contribution >= 4 is 29.2 Å². The van der Waals surface area contributed by atoms with Gasteiger partial charge in [-0.1, -0.05) is 30.3 Å². The summed E-state index contributed by atoms with van der Waals surface area (Å²) in [5.74, 6) is -1.71. The van der Waals surface area contributed by atoms with E-state index >= 15 is 0 Å². The third-order valence-corrected chi connectivity index (χ3v) is 10.1. The third-order valence-electron chi connectivity index (χ3n) is 10.1. The van der Waals surface area contributed by atoms with E-state index in [1.807, 2.05) is 67.1 Å². The minimum atomic E-state index is -0.764. The zero-order chi connectivity index (χ0) is 34.2. The lowest BCUT2D eigenvalue weighted by atomic mass is 9.93. The molecule has 2 aromatic heterocycles.